The summed E-state index contributed by atoms with van der Waals surface area (Å²) in [5, 5.41) is 0. The second-order valence-corrected chi connectivity index (χ2v) is 2.24. The van der Waals surface area contributed by atoms with Gasteiger partial charge >= 0.3 is 0 Å². The number of nitrogens with two attached hydrogens (primary N) is 1. The third-order valence-corrected chi connectivity index (χ3v) is 1.56. The average molecular weight is 125 g/mol. The Hall–Kier alpha value is -0.720. The maximum Gasteiger partial charge on any atom is -0.00597 e. The number of rotatable bonds is 3. The molecule has 0 aromatic heterocycles. The van der Waals surface area contributed by atoms with Crippen molar-refractivity contribution in [2.75, 3.05) is 0 Å². The van der Waals surface area contributed by atoms with Gasteiger partial charge in [0.1, 0.15) is 0 Å². The van der Waals surface area contributed by atoms with Gasteiger partial charge in [-0.05, 0) is 24.6 Å². The Labute approximate surface area is 57.3 Å². The van der Waals surface area contributed by atoms with Crippen molar-refractivity contribution in [1.82, 2.24) is 0 Å². The molecule has 0 aromatic rings. The minimum absolute atomic E-state index is 0.560. The molecule has 1 nitrogen and oxygen atoms in total. The van der Waals surface area contributed by atoms with E-state index in [9.17, 15) is 0 Å². The Kier molecular flexibility index (Phi) is 3.85. The minimum Gasteiger partial charge on any atom is -0.405 e. The van der Waals surface area contributed by atoms with Gasteiger partial charge in [0.25, 0.3) is 0 Å². The van der Waals surface area contributed by atoms with E-state index in [1.807, 2.05) is 6.08 Å². The lowest BCUT2D eigenvalue weighted by atomic mass is 10.0. The van der Waals surface area contributed by atoms with Crippen LogP contribution in [0.4, 0.5) is 0 Å². The molecule has 0 fully saturated rings. The van der Waals surface area contributed by atoms with Crippen molar-refractivity contribution >= 4 is 0 Å². The molecule has 0 aromatic carbocycles. The first kappa shape index (κ1) is 8.28. The van der Waals surface area contributed by atoms with Gasteiger partial charge in [0.15, 0.2) is 0 Å². The summed E-state index contributed by atoms with van der Waals surface area (Å²) in [6.45, 7) is 8.13. The third-order valence-electron chi connectivity index (χ3n) is 1.56. The van der Waals surface area contributed by atoms with Crippen LogP contribution in [0, 0.1) is 5.92 Å². The smallest absolute Gasteiger partial charge is 0.00597 e. The van der Waals surface area contributed by atoms with Crippen LogP contribution in [0.25, 0.3) is 0 Å². The lowest BCUT2D eigenvalue weighted by molar-refractivity contribution is 0.672. The predicted molar refractivity (Wildman–Crippen MR) is 41.9 cm³/mol. The fourth-order valence-electron chi connectivity index (χ4n) is 0.550. The largest absolute Gasteiger partial charge is 0.405 e. The summed E-state index contributed by atoms with van der Waals surface area (Å²) < 4.78 is 0. The maximum absolute atomic E-state index is 5.18. The van der Waals surface area contributed by atoms with Crippen LogP contribution in [0.15, 0.2) is 24.4 Å². The van der Waals surface area contributed by atoms with Crippen LogP contribution in [0.1, 0.15) is 20.3 Å². The molecule has 1 atom stereocenters. The quantitative estimate of drug-likeness (QED) is 0.574. The maximum atomic E-state index is 5.18. The number of hydrogen-bond donors (Lipinski definition) is 1. The normalized spacial score (nSPS) is 14.0. The van der Waals surface area contributed by atoms with E-state index in [0.717, 1.165) is 12.0 Å². The second-order valence-electron chi connectivity index (χ2n) is 2.24. The Bertz CT molecular complexity index is 114. The van der Waals surface area contributed by atoms with Gasteiger partial charge in [-0.1, -0.05) is 26.0 Å². The van der Waals surface area contributed by atoms with Crippen molar-refractivity contribution in [2.45, 2.75) is 20.3 Å². The summed E-state index contributed by atoms with van der Waals surface area (Å²) >= 11 is 0. The minimum atomic E-state index is 0.560. The Morgan fingerprint density at radius 3 is 2.67 bits per heavy atom. The molecular formula is C8H15N. The first-order valence-electron chi connectivity index (χ1n) is 3.29. The van der Waals surface area contributed by atoms with Crippen molar-refractivity contribution in [3.8, 4) is 0 Å². The molecule has 0 saturated heterocycles. The second kappa shape index (κ2) is 4.19. The van der Waals surface area contributed by atoms with E-state index in [1.165, 1.54) is 6.20 Å². The molecule has 9 heavy (non-hydrogen) atoms. The molecule has 0 radical (unpaired) electrons. The topological polar surface area (TPSA) is 26.0 Å². The van der Waals surface area contributed by atoms with Crippen molar-refractivity contribution < 1.29 is 0 Å². The zero-order valence-corrected chi connectivity index (χ0v) is 6.22. The highest BCUT2D eigenvalue weighted by Crippen LogP contribution is 2.11. The van der Waals surface area contributed by atoms with Crippen LogP contribution in [-0.2, 0) is 0 Å². The molecule has 1 heteroatoms. The van der Waals surface area contributed by atoms with Gasteiger partial charge < -0.3 is 5.73 Å². The Balaban J connectivity index is 3.73. The third kappa shape index (κ3) is 2.96. The molecule has 0 aliphatic carbocycles. The van der Waals surface area contributed by atoms with Crippen molar-refractivity contribution in [2.24, 2.45) is 11.7 Å². The molecular weight excluding hydrogens is 110 g/mol. The van der Waals surface area contributed by atoms with E-state index in [1.54, 1.807) is 0 Å². The predicted octanol–water partition coefficient (Wildman–Crippen LogP) is 2.06. The molecule has 0 heterocycles. The lowest BCUT2D eigenvalue weighted by Gasteiger charge is -2.05. The SMILES string of the molecule is C=C(/C=C\N)C(C)CC. The summed E-state index contributed by atoms with van der Waals surface area (Å²) in [6, 6.07) is 0. The van der Waals surface area contributed by atoms with Crippen LogP contribution in [0.5, 0.6) is 0 Å². The highest BCUT2D eigenvalue weighted by Gasteiger charge is 1.97. The van der Waals surface area contributed by atoms with E-state index in [4.69, 9.17) is 5.73 Å². The van der Waals surface area contributed by atoms with Crippen LogP contribution in [0.3, 0.4) is 0 Å². The fraction of sp³-hybridized carbons (Fsp3) is 0.500. The molecule has 0 bridgehead atoms. The van der Waals surface area contributed by atoms with E-state index in [2.05, 4.69) is 20.4 Å². The highest BCUT2D eigenvalue weighted by atomic mass is 14.5. The summed E-state index contributed by atoms with van der Waals surface area (Å²) in [5.74, 6) is 0.560. The number of hydrogen-bond acceptors (Lipinski definition) is 1. The lowest BCUT2D eigenvalue weighted by Crippen LogP contribution is -1.93. The molecule has 0 aliphatic rings. The summed E-state index contributed by atoms with van der Waals surface area (Å²) in [5.41, 5.74) is 6.29. The van der Waals surface area contributed by atoms with Crippen molar-refractivity contribution in [3.63, 3.8) is 0 Å². The van der Waals surface area contributed by atoms with Crippen LogP contribution in [-0.4, -0.2) is 0 Å². The van der Waals surface area contributed by atoms with Gasteiger partial charge in [-0.2, -0.15) is 0 Å². The first-order valence-corrected chi connectivity index (χ1v) is 3.29. The Morgan fingerprint density at radius 1 is 1.78 bits per heavy atom. The first-order chi connectivity index (χ1) is 4.22. The monoisotopic (exact) mass is 125 g/mol. The molecule has 1 unspecified atom stereocenters. The highest BCUT2D eigenvalue weighted by molar-refractivity contribution is 5.15. The summed E-state index contributed by atoms with van der Waals surface area (Å²) in [4.78, 5) is 0. The molecule has 0 amide bonds. The Morgan fingerprint density at radius 2 is 2.33 bits per heavy atom. The van der Waals surface area contributed by atoms with Gasteiger partial charge in [0, 0.05) is 0 Å². The van der Waals surface area contributed by atoms with Gasteiger partial charge in [-0.3, -0.25) is 0 Å². The molecule has 0 saturated carbocycles. The summed E-state index contributed by atoms with van der Waals surface area (Å²) in [7, 11) is 0. The number of allylic oxidation sites excluding steroid dienone is 2. The van der Waals surface area contributed by atoms with Gasteiger partial charge in [0.05, 0.1) is 0 Å². The molecule has 2 N–H and O–H groups in total. The van der Waals surface area contributed by atoms with Crippen LogP contribution < -0.4 is 5.73 Å². The average Bonchev–Trinajstić information content (AvgIpc) is 1.87. The van der Waals surface area contributed by atoms with E-state index < -0.39 is 0 Å². The zero-order chi connectivity index (χ0) is 7.28. The van der Waals surface area contributed by atoms with Gasteiger partial charge in [-0.25, -0.2) is 0 Å². The standard InChI is InChI=1S/C8H15N/c1-4-7(2)8(3)5-6-9/h5-7H,3-4,9H2,1-2H3/b6-5-. The van der Waals surface area contributed by atoms with Crippen LogP contribution >= 0.6 is 0 Å². The molecule has 52 valence electrons. The van der Waals surface area contributed by atoms with Crippen molar-refractivity contribution in [3.05, 3.63) is 24.4 Å². The van der Waals surface area contributed by atoms with Gasteiger partial charge in [-0.15, -0.1) is 0 Å². The molecule has 0 spiro atoms. The van der Waals surface area contributed by atoms with E-state index in [-0.39, 0.29) is 0 Å². The van der Waals surface area contributed by atoms with Gasteiger partial charge in [0.2, 0.25) is 0 Å². The van der Waals surface area contributed by atoms with Crippen LogP contribution in [0.2, 0.25) is 0 Å². The fourth-order valence-corrected chi connectivity index (χ4v) is 0.550. The van der Waals surface area contributed by atoms with E-state index in [0.29, 0.717) is 5.92 Å². The molecule has 0 rings (SSSR count). The molecule has 0 aliphatic heterocycles. The van der Waals surface area contributed by atoms with Crippen molar-refractivity contribution in [1.29, 1.82) is 0 Å². The van der Waals surface area contributed by atoms with E-state index >= 15 is 0 Å². The zero-order valence-electron chi connectivity index (χ0n) is 6.22. The summed E-state index contributed by atoms with van der Waals surface area (Å²) in [6.07, 6.45) is 4.52.